The molecule has 1 saturated heterocycles. The van der Waals surface area contributed by atoms with Crippen molar-refractivity contribution in [2.75, 3.05) is 18.6 Å². The van der Waals surface area contributed by atoms with Gasteiger partial charge in [0.25, 0.3) is 11.8 Å². The number of carboxylic acids is 1. The fourth-order valence-electron chi connectivity index (χ4n) is 4.99. The number of ether oxygens (including phenoxy) is 2. The number of carbonyl (C=O) groups excluding carboxylic acids is 6. The maximum atomic E-state index is 13.7. The molecular weight excluding hydrogens is 729 g/mol. The third-order valence-electron chi connectivity index (χ3n) is 7.32. The quantitative estimate of drug-likeness (QED) is 0.0950. The van der Waals surface area contributed by atoms with Crippen molar-refractivity contribution in [1.82, 2.24) is 30.6 Å². The summed E-state index contributed by atoms with van der Waals surface area (Å²) < 4.78 is 10.7. The zero-order valence-electron chi connectivity index (χ0n) is 26.8. The van der Waals surface area contributed by atoms with Crippen molar-refractivity contribution < 1.29 is 53.2 Å². The van der Waals surface area contributed by atoms with Gasteiger partial charge in [0.15, 0.2) is 15.8 Å². The van der Waals surface area contributed by atoms with E-state index in [0.717, 1.165) is 31.9 Å². The molecule has 2 unspecified atom stereocenters. The van der Waals surface area contributed by atoms with Crippen LogP contribution >= 0.6 is 34.9 Å². The minimum absolute atomic E-state index is 0.131. The molecule has 3 aromatic rings. The predicted octanol–water partition coefficient (Wildman–Crippen LogP) is 2.15. The molecule has 4 N–H and O–H groups in total. The Morgan fingerprint density at radius 1 is 1.06 bits per heavy atom. The number of imide groups is 1. The number of urea groups is 1. The number of nitrogens with one attached hydrogen (secondary N) is 2. The van der Waals surface area contributed by atoms with E-state index in [1.807, 2.05) is 0 Å². The summed E-state index contributed by atoms with van der Waals surface area (Å²) in [6, 6.07) is 5.14. The van der Waals surface area contributed by atoms with Crippen LogP contribution in [0.15, 0.2) is 63.6 Å². The summed E-state index contributed by atoms with van der Waals surface area (Å²) in [6.07, 6.45) is 0. The summed E-state index contributed by atoms with van der Waals surface area (Å²) in [5.74, 6) is -5.17. The number of hydrogen-bond donors (Lipinski definition) is 4. The van der Waals surface area contributed by atoms with Gasteiger partial charge in [-0.15, -0.1) is 22.0 Å². The van der Waals surface area contributed by atoms with Crippen molar-refractivity contribution in [2.24, 2.45) is 0 Å². The molecule has 17 nitrogen and oxygen atoms in total. The number of carbonyl (C=O) groups is 7. The lowest BCUT2D eigenvalue weighted by atomic mass is 10.0. The minimum atomic E-state index is -1.49. The van der Waals surface area contributed by atoms with E-state index < -0.39 is 59.1 Å². The first kappa shape index (κ1) is 36.8. The van der Waals surface area contributed by atoms with Gasteiger partial charge in [-0.05, 0) is 41.5 Å². The van der Waals surface area contributed by atoms with Gasteiger partial charge in [-0.1, -0.05) is 35.2 Å². The van der Waals surface area contributed by atoms with Crippen molar-refractivity contribution in [1.29, 1.82) is 0 Å². The number of aromatic nitrogens is 2. The second kappa shape index (κ2) is 15.6. The third kappa shape index (κ3) is 8.30. The molecule has 3 atom stereocenters. The molecule has 20 heteroatoms. The number of phenolic OH excluding ortho intramolecular Hbond substituents is 1. The van der Waals surface area contributed by atoms with E-state index in [2.05, 4.69) is 20.8 Å². The monoisotopic (exact) mass is 756 g/mol. The highest BCUT2D eigenvalue weighted by molar-refractivity contribution is 8.01. The zero-order chi connectivity index (χ0) is 37.0. The van der Waals surface area contributed by atoms with Crippen molar-refractivity contribution in [3.05, 3.63) is 70.4 Å². The number of rotatable bonds is 11. The lowest BCUT2D eigenvalue weighted by molar-refractivity contribution is -0.151. The van der Waals surface area contributed by atoms with Crippen LogP contribution in [-0.4, -0.2) is 102 Å². The molecule has 1 aromatic heterocycles. The topological polar surface area (TPSA) is 235 Å². The van der Waals surface area contributed by atoms with Gasteiger partial charge < -0.3 is 30.3 Å². The van der Waals surface area contributed by atoms with Crippen LogP contribution in [0.1, 0.15) is 35.8 Å². The Morgan fingerprint density at radius 2 is 1.75 bits per heavy atom. The normalized spacial score (nSPS) is 17.0. The van der Waals surface area contributed by atoms with Crippen molar-refractivity contribution in [3.63, 3.8) is 0 Å². The predicted molar refractivity (Wildman–Crippen MR) is 181 cm³/mol. The minimum Gasteiger partial charge on any atom is -0.508 e. The molecule has 0 saturated carbocycles. The third-order valence-corrected chi connectivity index (χ3v) is 10.6. The van der Waals surface area contributed by atoms with E-state index >= 15 is 0 Å². The fraction of sp³-hybridized carbons (Fsp3) is 0.258. The van der Waals surface area contributed by atoms with E-state index in [9.17, 15) is 43.8 Å². The van der Waals surface area contributed by atoms with Crippen LogP contribution in [-0.2, 0) is 24.0 Å². The van der Waals surface area contributed by atoms with Gasteiger partial charge in [-0.2, -0.15) is 0 Å². The number of aliphatic carboxylic acids is 1. The highest BCUT2D eigenvalue weighted by atomic mass is 32.2. The van der Waals surface area contributed by atoms with Gasteiger partial charge in [0.05, 0.1) is 0 Å². The number of benzene rings is 2. The molecular formula is C31H28N6O11S3. The number of nitrogens with zero attached hydrogens (tertiary/aromatic N) is 4. The molecule has 0 spiro atoms. The molecule has 5 rings (SSSR count). The number of amides is 5. The summed E-state index contributed by atoms with van der Waals surface area (Å²) in [7, 11) is 1.13. The average Bonchev–Trinajstić information content (AvgIpc) is 3.62. The second-order valence-electron chi connectivity index (χ2n) is 10.8. The molecule has 266 valence electrons. The lowest BCUT2D eigenvalue weighted by Gasteiger charge is -2.49. The van der Waals surface area contributed by atoms with Crippen LogP contribution < -0.4 is 20.1 Å². The number of aromatic hydroxyl groups is 1. The average molecular weight is 757 g/mol. The molecule has 1 fully saturated rings. The number of hydrogen-bond acceptors (Lipinski definition) is 15. The van der Waals surface area contributed by atoms with E-state index in [1.165, 1.54) is 71.3 Å². The van der Waals surface area contributed by atoms with E-state index in [1.54, 1.807) is 5.51 Å². The molecule has 5 amide bonds. The molecule has 2 aliphatic heterocycles. The molecule has 3 heterocycles. The maximum Gasteiger partial charge on any atom is 0.352 e. The Hall–Kier alpha value is -5.47. The van der Waals surface area contributed by atoms with Crippen molar-refractivity contribution in [3.8, 4) is 17.2 Å². The number of carboxylic acid groups (broad SMARTS) is 1. The van der Waals surface area contributed by atoms with E-state index in [-0.39, 0.29) is 45.6 Å². The van der Waals surface area contributed by atoms with Gasteiger partial charge in [0.2, 0.25) is 5.91 Å². The van der Waals surface area contributed by atoms with E-state index in [0.29, 0.717) is 14.8 Å². The second-order valence-corrected chi connectivity index (χ2v) is 14.0. The zero-order valence-corrected chi connectivity index (χ0v) is 29.3. The summed E-state index contributed by atoms with van der Waals surface area (Å²) >= 11 is 3.85. The lowest BCUT2D eigenvalue weighted by Crippen LogP contribution is -2.71. The van der Waals surface area contributed by atoms with E-state index in [4.69, 9.17) is 9.47 Å². The van der Waals surface area contributed by atoms with Crippen LogP contribution in [0.2, 0.25) is 0 Å². The number of β-lactam (4-membered cyclic amide) rings is 1. The molecule has 2 aliphatic rings. The van der Waals surface area contributed by atoms with Gasteiger partial charge in [0.1, 0.15) is 34.4 Å². The molecule has 0 aliphatic carbocycles. The Kier molecular flexibility index (Phi) is 11.3. The number of thioether (sulfide) groups is 2. The van der Waals surface area contributed by atoms with Crippen LogP contribution in [0.5, 0.6) is 17.2 Å². The van der Waals surface area contributed by atoms with Gasteiger partial charge >= 0.3 is 23.9 Å². The van der Waals surface area contributed by atoms with Crippen LogP contribution in [0.3, 0.4) is 0 Å². The molecule has 2 aromatic carbocycles. The summed E-state index contributed by atoms with van der Waals surface area (Å²) in [4.78, 5) is 90.9. The largest absolute Gasteiger partial charge is 0.508 e. The highest BCUT2D eigenvalue weighted by Crippen LogP contribution is 2.42. The molecule has 51 heavy (non-hydrogen) atoms. The Bertz CT molecular complexity index is 1940. The first-order chi connectivity index (χ1) is 24.2. The maximum absolute atomic E-state index is 13.7. The first-order valence-corrected chi connectivity index (χ1v) is 17.6. The fourth-order valence-corrected chi connectivity index (χ4v) is 7.97. The summed E-state index contributed by atoms with van der Waals surface area (Å²) in [5.41, 5.74) is 1.93. The summed E-state index contributed by atoms with van der Waals surface area (Å²) in [6.45, 7) is 2.23. The number of esters is 2. The molecule has 0 radical (unpaired) electrons. The van der Waals surface area contributed by atoms with Crippen molar-refractivity contribution in [2.45, 2.75) is 35.6 Å². The number of fused-ring (bicyclic) bond motifs is 1. The Balaban J connectivity index is 1.32. The SMILES string of the molecule is CC(=O)Oc1ccc(C(=O)N(C)C(=O)NC(C(=O)NC2C(=O)N3C(C(=O)O)=C(CSc4nncs4)CS[C@@H]23)c2ccc(O)cc2)cc1OC(C)=O. The standard InChI is InChI=1S/C31H28N6O11S3/c1-14(38)47-20-9-6-17(10-21(20)48-15(2)39)26(42)36(3)30(46)34-22(16-4-7-19(40)8-5-16)25(41)33-23-27(43)37-24(29(44)45)18(11-49-28(23)37)12-50-31-35-32-13-51-31/h4-10,13,22-23,28,40H,11-12H2,1-3H3,(H,33,41)(H,34,46)(H,44,45)/t22?,23?,28-/m0/s1. The highest BCUT2D eigenvalue weighted by Gasteiger charge is 2.54. The van der Waals surface area contributed by atoms with Crippen LogP contribution in [0, 0.1) is 0 Å². The van der Waals surface area contributed by atoms with Crippen molar-refractivity contribution >= 4 is 76.5 Å². The first-order valence-electron chi connectivity index (χ1n) is 14.7. The summed E-state index contributed by atoms with van der Waals surface area (Å²) in [5, 5.41) is 31.8. The van der Waals surface area contributed by atoms with Crippen LogP contribution in [0.4, 0.5) is 4.79 Å². The number of phenols is 1. The Morgan fingerprint density at radius 3 is 2.37 bits per heavy atom. The van der Waals surface area contributed by atoms with Crippen LogP contribution in [0.25, 0.3) is 0 Å². The Labute approximate surface area is 301 Å². The van der Waals surface area contributed by atoms with Gasteiger partial charge in [-0.25, -0.2) is 9.59 Å². The smallest absolute Gasteiger partial charge is 0.352 e. The van der Waals surface area contributed by atoms with Gasteiger partial charge in [-0.3, -0.25) is 33.8 Å². The van der Waals surface area contributed by atoms with Gasteiger partial charge in [0, 0.05) is 38.0 Å². The molecule has 0 bridgehead atoms.